The second kappa shape index (κ2) is 5.85. The summed E-state index contributed by atoms with van der Waals surface area (Å²) < 4.78 is 0. The van der Waals surface area contributed by atoms with Crippen molar-refractivity contribution in [3.8, 4) is 0 Å². The molecule has 6 rings (SSSR count). The maximum absolute atomic E-state index is 13.1. The Morgan fingerprint density at radius 1 is 0.667 bits per heavy atom. The van der Waals surface area contributed by atoms with Crippen molar-refractivity contribution in [2.45, 2.75) is 91.9 Å². The number of rotatable bonds is 4. The van der Waals surface area contributed by atoms with E-state index in [4.69, 9.17) is 0 Å². The van der Waals surface area contributed by atoms with Crippen LogP contribution < -0.4 is 0 Å². The summed E-state index contributed by atoms with van der Waals surface area (Å²) in [4.78, 5) is 13.1. The topological polar surface area (TPSA) is 17.1 Å². The van der Waals surface area contributed by atoms with E-state index >= 15 is 0 Å². The minimum atomic E-state index is 0.401. The highest BCUT2D eigenvalue weighted by Crippen LogP contribution is 2.59. The Morgan fingerprint density at radius 3 is 1.29 bits per heavy atom. The lowest BCUT2D eigenvalue weighted by molar-refractivity contribution is -0.131. The first-order valence-corrected chi connectivity index (χ1v) is 10.8. The molecule has 0 saturated heterocycles. The van der Waals surface area contributed by atoms with Crippen LogP contribution in [0.1, 0.15) is 91.9 Å². The maximum Gasteiger partial charge on any atom is 0.133 e. The average Bonchev–Trinajstić information content (AvgIpc) is 2.55. The van der Waals surface area contributed by atoms with E-state index in [2.05, 4.69) is 27.7 Å². The molecule has 6 aliphatic carbocycles. The first-order chi connectivity index (χ1) is 11.3. The van der Waals surface area contributed by atoms with Crippen LogP contribution in [0.5, 0.6) is 0 Å². The molecule has 4 bridgehead atoms. The second-order valence-corrected chi connectivity index (χ2v) is 11.0. The molecule has 1 heteroatoms. The summed E-state index contributed by atoms with van der Waals surface area (Å²) in [5, 5.41) is 0. The zero-order valence-electron chi connectivity index (χ0n) is 16.4. The van der Waals surface area contributed by atoms with Crippen LogP contribution in [0.15, 0.2) is 0 Å². The van der Waals surface area contributed by atoms with Gasteiger partial charge in [0.15, 0.2) is 0 Å². The van der Waals surface area contributed by atoms with Crippen LogP contribution in [0, 0.1) is 46.3 Å². The van der Waals surface area contributed by atoms with E-state index in [0.29, 0.717) is 28.4 Å². The Morgan fingerprint density at radius 2 is 1.00 bits per heavy atom. The number of Topliss-reactive ketones (excluding diaryl/α,β-unsaturated/α-hetero) is 1. The molecule has 0 N–H and O–H groups in total. The van der Waals surface area contributed by atoms with E-state index in [1.165, 1.54) is 51.4 Å². The van der Waals surface area contributed by atoms with E-state index < -0.39 is 0 Å². The van der Waals surface area contributed by atoms with Gasteiger partial charge in [0.25, 0.3) is 0 Å². The van der Waals surface area contributed by atoms with Crippen molar-refractivity contribution in [2.75, 3.05) is 0 Å². The molecule has 0 aromatic heterocycles. The minimum Gasteiger partial charge on any atom is -0.300 e. The monoisotopic (exact) mass is 330 g/mol. The smallest absolute Gasteiger partial charge is 0.133 e. The van der Waals surface area contributed by atoms with Gasteiger partial charge in [-0.2, -0.15) is 0 Å². The van der Waals surface area contributed by atoms with Gasteiger partial charge in [-0.05, 0) is 97.7 Å². The van der Waals surface area contributed by atoms with Crippen molar-refractivity contribution in [1.82, 2.24) is 0 Å². The summed E-state index contributed by atoms with van der Waals surface area (Å²) >= 11 is 0. The first kappa shape index (κ1) is 17.1. The lowest BCUT2D eigenvalue weighted by Gasteiger charge is -2.56. The summed E-state index contributed by atoms with van der Waals surface area (Å²) in [7, 11) is 0. The Hall–Kier alpha value is -0.330. The van der Waals surface area contributed by atoms with Crippen LogP contribution in [-0.2, 0) is 4.79 Å². The summed E-state index contributed by atoms with van der Waals surface area (Å²) in [6.45, 7) is 9.86. The quantitative estimate of drug-likeness (QED) is 0.594. The molecule has 6 aliphatic rings. The van der Waals surface area contributed by atoms with Gasteiger partial charge < -0.3 is 0 Å². The number of hydrogen-bond acceptors (Lipinski definition) is 1. The fourth-order valence-corrected chi connectivity index (χ4v) is 7.78. The van der Waals surface area contributed by atoms with Gasteiger partial charge in [-0.25, -0.2) is 0 Å². The highest BCUT2D eigenvalue weighted by molar-refractivity contribution is 5.79. The van der Waals surface area contributed by atoms with Crippen molar-refractivity contribution < 1.29 is 4.79 Å². The Bertz CT molecular complexity index is 442. The molecule has 0 aromatic carbocycles. The normalized spacial score (nSPS) is 45.3. The largest absolute Gasteiger partial charge is 0.300 e. The molecule has 1 nitrogen and oxygen atoms in total. The van der Waals surface area contributed by atoms with Crippen LogP contribution in [-0.4, -0.2) is 5.78 Å². The number of ketones is 1. The van der Waals surface area contributed by atoms with Gasteiger partial charge in [0.1, 0.15) is 5.78 Å². The molecule has 2 atom stereocenters. The Balaban J connectivity index is 1.44. The SMILES string of the molecule is CC1(C)C2CCC(CC2)C1CC(=O)CC1C2CCC(CC2)C1(C)C. The summed E-state index contributed by atoms with van der Waals surface area (Å²) in [5.74, 6) is 5.37. The van der Waals surface area contributed by atoms with E-state index in [9.17, 15) is 4.79 Å². The fourth-order valence-electron chi connectivity index (χ4n) is 7.78. The minimum absolute atomic E-state index is 0.401. The molecular formula is C23H38O. The Labute approximate surface area is 149 Å². The summed E-state index contributed by atoms with van der Waals surface area (Å²) in [5.41, 5.74) is 0.801. The van der Waals surface area contributed by atoms with Gasteiger partial charge in [-0.1, -0.05) is 27.7 Å². The van der Waals surface area contributed by atoms with Crippen LogP contribution in [0.4, 0.5) is 0 Å². The molecule has 0 radical (unpaired) electrons. The molecule has 136 valence electrons. The van der Waals surface area contributed by atoms with E-state index in [1.807, 2.05) is 0 Å². The van der Waals surface area contributed by atoms with Gasteiger partial charge in [0.2, 0.25) is 0 Å². The number of carbonyl (C=O) groups is 1. The average molecular weight is 331 g/mol. The molecule has 0 spiro atoms. The molecule has 0 amide bonds. The number of fused-ring (bicyclic) bond motifs is 6. The van der Waals surface area contributed by atoms with Crippen LogP contribution >= 0.6 is 0 Å². The van der Waals surface area contributed by atoms with Crippen LogP contribution in [0.2, 0.25) is 0 Å². The zero-order valence-corrected chi connectivity index (χ0v) is 16.4. The number of hydrogen-bond donors (Lipinski definition) is 0. The Kier molecular flexibility index (Phi) is 4.17. The van der Waals surface area contributed by atoms with E-state index in [-0.39, 0.29) is 0 Å². The fraction of sp³-hybridized carbons (Fsp3) is 0.957. The highest BCUT2D eigenvalue weighted by atomic mass is 16.1. The third-order valence-corrected chi connectivity index (χ3v) is 9.59. The van der Waals surface area contributed by atoms with Gasteiger partial charge >= 0.3 is 0 Å². The third kappa shape index (κ3) is 2.60. The van der Waals surface area contributed by atoms with Crippen molar-refractivity contribution in [3.05, 3.63) is 0 Å². The lowest BCUT2D eigenvalue weighted by atomic mass is 9.49. The predicted octanol–water partition coefficient (Wildman–Crippen LogP) is 6.26. The first-order valence-electron chi connectivity index (χ1n) is 10.8. The second-order valence-electron chi connectivity index (χ2n) is 11.0. The molecule has 0 heterocycles. The molecule has 0 aliphatic heterocycles. The molecule has 6 saturated carbocycles. The summed E-state index contributed by atoms with van der Waals surface area (Å²) in [6.07, 6.45) is 13.0. The predicted molar refractivity (Wildman–Crippen MR) is 99.7 cm³/mol. The molecule has 0 aromatic rings. The van der Waals surface area contributed by atoms with E-state index in [0.717, 1.165) is 36.5 Å². The van der Waals surface area contributed by atoms with Gasteiger partial charge in [-0.15, -0.1) is 0 Å². The van der Waals surface area contributed by atoms with Crippen molar-refractivity contribution >= 4 is 5.78 Å². The van der Waals surface area contributed by atoms with E-state index in [1.54, 1.807) is 0 Å². The highest BCUT2D eigenvalue weighted by Gasteiger charge is 2.51. The van der Waals surface area contributed by atoms with Crippen molar-refractivity contribution in [3.63, 3.8) is 0 Å². The number of carbonyl (C=O) groups excluding carboxylic acids is 1. The summed E-state index contributed by atoms with van der Waals surface area (Å²) in [6, 6.07) is 0. The lowest BCUT2D eigenvalue weighted by Crippen LogP contribution is -2.48. The van der Waals surface area contributed by atoms with Crippen LogP contribution in [0.3, 0.4) is 0 Å². The maximum atomic E-state index is 13.1. The molecular weight excluding hydrogens is 292 g/mol. The van der Waals surface area contributed by atoms with Crippen molar-refractivity contribution in [2.24, 2.45) is 46.3 Å². The van der Waals surface area contributed by atoms with Gasteiger partial charge in [-0.3, -0.25) is 4.79 Å². The van der Waals surface area contributed by atoms with Gasteiger partial charge in [0, 0.05) is 12.8 Å². The standard InChI is InChI=1S/C23H38O/c1-22(2)17-9-5-15(6-10-17)20(22)13-19(24)14-21-16-7-11-18(12-8-16)23(21,3)4/h15-18,20-21H,5-14H2,1-4H3. The molecule has 24 heavy (non-hydrogen) atoms. The van der Waals surface area contributed by atoms with Crippen molar-refractivity contribution in [1.29, 1.82) is 0 Å². The third-order valence-electron chi connectivity index (χ3n) is 9.59. The molecule has 6 fully saturated rings. The van der Waals surface area contributed by atoms with Crippen LogP contribution in [0.25, 0.3) is 0 Å². The molecule has 2 unspecified atom stereocenters. The zero-order chi connectivity index (χ0) is 17.1. The van der Waals surface area contributed by atoms with Gasteiger partial charge in [0.05, 0.1) is 0 Å².